The van der Waals surface area contributed by atoms with Gasteiger partial charge in [0.2, 0.25) is 0 Å². The molecule has 1 aromatic carbocycles. The third-order valence-corrected chi connectivity index (χ3v) is 2.69. The molecule has 0 saturated carbocycles. The van der Waals surface area contributed by atoms with Crippen LogP contribution in [0.25, 0.3) is 10.4 Å². The van der Waals surface area contributed by atoms with Gasteiger partial charge in [-0.2, -0.15) is 8.42 Å². The smallest absolute Gasteiger partial charge is 0.282 e. The van der Waals surface area contributed by atoms with Gasteiger partial charge >= 0.3 is 0 Å². The molecule has 6 nitrogen and oxygen atoms in total. The summed E-state index contributed by atoms with van der Waals surface area (Å²) in [5.74, 6) is 0. The lowest BCUT2D eigenvalue weighted by atomic mass is 10.3. The number of benzene rings is 1. The van der Waals surface area contributed by atoms with Crippen molar-refractivity contribution in [3.05, 3.63) is 33.7 Å². The second-order valence-electron chi connectivity index (χ2n) is 2.28. The third-order valence-electron chi connectivity index (χ3n) is 1.35. The standard InChI is InChI=1S/C6H4ClN3O3S/c7-5-2-1-4(9-10-8)3-6(5)14(11,12)13/h1-3H,(H,11,12,13). The van der Waals surface area contributed by atoms with Crippen LogP contribution in [0.5, 0.6) is 0 Å². The highest BCUT2D eigenvalue weighted by molar-refractivity contribution is 7.86. The topological polar surface area (TPSA) is 103 Å². The first-order valence-corrected chi connectivity index (χ1v) is 5.09. The minimum atomic E-state index is -4.39. The average Bonchev–Trinajstić information content (AvgIpc) is 2.07. The second kappa shape index (κ2) is 3.85. The molecular formula is C6H4ClN3O3S. The SMILES string of the molecule is [N-]=[N+]=Nc1ccc(Cl)c(S(=O)(=O)O)c1. The summed E-state index contributed by atoms with van der Waals surface area (Å²) < 4.78 is 30.2. The van der Waals surface area contributed by atoms with E-state index in [1.807, 2.05) is 0 Å². The zero-order valence-corrected chi connectivity index (χ0v) is 8.20. The largest absolute Gasteiger partial charge is 0.296 e. The number of hydrogen-bond donors (Lipinski definition) is 1. The molecule has 14 heavy (non-hydrogen) atoms. The van der Waals surface area contributed by atoms with Crippen molar-refractivity contribution in [3.63, 3.8) is 0 Å². The van der Waals surface area contributed by atoms with E-state index < -0.39 is 15.0 Å². The monoisotopic (exact) mass is 233 g/mol. The van der Waals surface area contributed by atoms with E-state index in [2.05, 4.69) is 10.0 Å². The van der Waals surface area contributed by atoms with Crippen molar-refractivity contribution >= 4 is 27.4 Å². The molecule has 0 amide bonds. The Kier molecular flexibility index (Phi) is 2.97. The molecule has 1 rings (SSSR count). The van der Waals surface area contributed by atoms with Crippen LogP contribution in [0.1, 0.15) is 0 Å². The first-order valence-electron chi connectivity index (χ1n) is 3.27. The first kappa shape index (κ1) is 10.8. The normalized spacial score (nSPS) is 10.7. The lowest BCUT2D eigenvalue weighted by molar-refractivity contribution is 0.483. The van der Waals surface area contributed by atoms with Crippen molar-refractivity contribution in [1.82, 2.24) is 0 Å². The molecule has 0 aliphatic rings. The van der Waals surface area contributed by atoms with Crippen LogP contribution in [0, 0.1) is 0 Å². The van der Waals surface area contributed by atoms with E-state index in [0.717, 1.165) is 6.07 Å². The maximum absolute atomic E-state index is 10.7. The van der Waals surface area contributed by atoms with Crippen LogP contribution in [0.3, 0.4) is 0 Å². The van der Waals surface area contributed by atoms with E-state index in [9.17, 15) is 8.42 Å². The highest BCUT2D eigenvalue weighted by atomic mass is 35.5. The summed E-state index contributed by atoms with van der Waals surface area (Å²) in [5.41, 5.74) is 8.16. The molecule has 0 bridgehead atoms. The molecule has 0 heterocycles. The molecule has 74 valence electrons. The van der Waals surface area contributed by atoms with Crippen LogP contribution >= 0.6 is 11.6 Å². The van der Waals surface area contributed by atoms with Crippen molar-refractivity contribution < 1.29 is 13.0 Å². The van der Waals surface area contributed by atoms with Gasteiger partial charge in [0, 0.05) is 10.6 Å². The van der Waals surface area contributed by atoms with Crippen LogP contribution < -0.4 is 0 Å². The van der Waals surface area contributed by atoms with Crippen molar-refractivity contribution in [1.29, 1.82) is 0 Å². The fourth-order valence-corrected chi connectivity index (χ4v) is 1.80. The molecule has 8 heteroatoms. The zero-order chi connectivity index (χ0) is 10.8. The fraction of sp³-hybridized carbons (Fsp3) is 0. The Bertz CT molecular complexity index is 507. The highest BCUT2D eigenvalue weighted by Crippen LogP contribution is 2.26. The molecule has 0 spiro atoms. The molecular weight excluding hydrogens is 230 g/mol. The Labute approximate surface area is 84.5 Å². The molecule has 0 atom stereocenters. The van der Waals surface area contributed by atoms with Crippen LogP contribution in [-0.4, -0.2) is 13.0 Å². The maximum atomic E-state index is 10.7. The summed E-state index contributed by atoms with van der Waals surface area (Å²) in [4.78, 5) is 1.98. The van der Waals surface area contributed by atoms with E-state index in [-0.39, 0.29) is 10.7 Å². The van der Waals surface area contributed by atoms with Gasteiger partial charge < -0.3 is 0 Å². The van der Waals surface area contributed by atoms with Gasteiger partial charge in [0.25, 0.3) is 10.1 Å². The predicted octanol–water partition coefficient (Wildman–Crippen LogP) is 2.53. The Balaban J connectivity index is 3.43. The minimum Gasteiger partial charge on any atom is -0.282 e. The van der Waals surface area contributed by atoms with Gasteiger partial charge in [-0.25, -0.2) is 0 Å². The zero-order valence-electron chi connectivity index (χ0n) is 6.62. The molecule has 0 radical (unpaired) electrons. The minimum absolute atomic E-state index is 0.0597. The number of halogens is 1. The number of azide groups is 1. The molecule has 0 aromatic heterocycles. The number of nitrogens with zero attached hydrogens (tertiary/aromatic N) is 3. The van der Waals surface area contributed by atoms with E-state index >= 15 is 0 Å². The summed E-state index contributed by atoms with van der Waals surface area (Å²) in [5, 5.41) is 3.03. The molecule has 0 unspecified atom stereocenters. The Hall–Kier alpha value is -1.27. The maximum Gasteiger partial charge on any atom is 0.296 e. The van der Waals surface area contributed by atoms with Crippen molar-refractivity contribution in [2.24, 2.45) is 5.11 Å². The number of rotatable bonds is 2. The second-order valence-corrected chi connectivity index (χ2v) is 4.08. The van der Waals surface area contributed by atoms with Gasteiger partial charge in [-0.3, -0.25) is 4.55 Å². The lowest BCUT2D eigenvalue weighted by Gasteiger charge is -2.00. The molecule has 0 aliphatic heterocycles. The molecule has 0 saturated heterocycles. The van der Waals surface area contributed by atoms with Crippen molar-refractivity contribution in [3.8, 4) is 0 Å². The van der Waals surface area contributed by atoms with Gasteiger partial charge in [0.15, 0.2) is 0 Å². The Morgan fingerprint density at radius 3 is 2.64 bits per heavy atom. The fourth-order valence-electron chi connectivity index (χ4n) is 0.804. The van der Waals surface area contributed by atoms with Crippen LogP contribution in [0.15, 0.2) is 28.2 Å². The van der Waals surface area contributed by atoms with Crippen LogP contribution in [0.2, 0.25) is 5.02 Å². The molecule has 0 fully saturated rings. The van der Waals surface area contributed by atoms with E-state index in [1.54, 1.807) is 0 Å². The lowest BCUT2D eigenvalue weighted by Crippen LogP contribution is -1.98. The summed E-state index contributed by atoms with van der Waals surface area (Å²) in [7, 11) is -4.39. The molecule has 1 aromatic rings. The Morgan fingerprint density at radius 1 is 1.50 bits per heavy atom. The Morgan fingerprint density at radius 2 is 2.14 bits per heavy atom. The van der Waals surface area contributed by atoms with Gasteiger partial charge in [-0.05, 0) is 17.7 Å². The summed E-state index contributed by atoms with van der Waals surface area (Å²) in [6.07, 6.45) is 0. The predicted molar refractivity (Wildman–Crippen MR) is 50.1 cm³/mol. The third kappa shape index (κ3) is 2.36. The van der Waals surface area contributed by atoms with Crippen molar-refractivity contribution in [2.75, 3.05) is 0 Å². The van der Waals surface area contributed by atoms with Crippen LogP contribution in [-0.2, 0) is 10.1 Å². The first-order chi connectivity index (χ1) is 6.45. The molecule has 0 aliphatic carbocycles. The highest BCUT2D eigenvalue weighted by Gasteiger charge is 2.14. The quantitative estimate of drug-likeness (QED) is 0.367. The van der Waals surface area contributed by atoms with Gasteiger partial charge in [-0.15, -0.1) is 0 Å². The van der Waals surface area contributed by atoms with Gasteiger partial charge in [-0.1, -0.05) is 22.8 Å². The van der Waals surface area contributed by atoms with E-state index in [4.69, 9.17) is 21.7 Å². The average molecular weight is 234 g/mol. The van der Waals surface area contributed by atoms with Gasteiger partial charge in [0.05, 0.1) is 5.02 Å². The molecule has 1 N–H and O–H groups in total. The summed E-state index contributed by atoms with van der Waals surface area (Å²) in [6, 6.07) is 3.53. The van der Waals surface area contributed by atoms with Crippen LogP contribution in [0.4, 0.5) is 5.69 Å². The van der Waals surface area contributed by atoms with Gasteiger partial charge in [0.1, 0.15) is 4.90 Å². The van der Waals surface area contributed by atoms with Crippen molar-refractivity contribution in [2.45, 2.75) is 4.90 Å². The van der Waals surface area contributed by atoms with E-state index in [1.165, 1.54) is 12.1 Å². The number of hydrogen-bond acceptors (Lipinski definition) is 3. The van der Waals surface area contributed by atoms with E-state index in [0.29, 0.717) is 0 Å². The summed E-state index contributed by atoms with van der Waals surface area (Å²) in [6.45, 7) is 0. The summed E-state index contributed by atoms with van der Waals surface area (Å²) >= 11 is 5.51.